The van der Waals surface area contributed by atoms with E-state index in [1.54, 1.807) is 0 Å². The Hall–Kier alpha value is -3.61. The highest BCUT2D eigenvalue weighted by Crippen LogP contribution is 2.44. The molecule has 7 nitrogen and oxygen atoms in total. The smallest absolute Gasteiger partial charge is 0.407 e. The number of carbonyl (C=O) groups is 3. The van der Waals surface area contributed by atoms with Crippen molar-refractivity contribution < 1.29 is 24.2 Å². The summed E-state index contributed by atoms with van der Waals surface area (Å²) in [6.07, 6.45) is 6.38. The van der Waals surface area contributed by atoms with Crippen LogP contribution >= 0.6 is 0 Å². The van der Waals surface area contributed by atoms with Gasteiger partial charge in [-0.1, -0.05) is 67.1 Å². The summed E-state index contributed by atoms with van der Waals surface area (Å²) in [5.41, 5.74) is 4.66. The Labute approximate surface area is 204 Å². The van der Waals surface area contributed by atoms with Gasteiger partial charge in [0.15, 0.2) is 0 Å². The molecule has 3 N–H and O–H groups in total. The highest BCUT2D eigenvalue weighted by molar-refractivity contribution is 5.81. The second-order valence-electron chi connectivity index (χ2n) is 9.66. The predicted molar refractivity (Wildman–Crippen MR) is 131 cm³/mol. The number of allylic oxidation sites excluding steroid dienone is 1. The summed E-state index contributed by atoms with van der Waals surface area (Å²) in [7, 11) is 0. The third kappa shape index (κ3) is 4.81. The molecule has 1 fully saturated rings. The Morgan fingerprint density at radius 2 is 1.63 bits per heavy atom. The molecular formula is C28H30N2O5. The lowest BCUT2D eigenvalue weighted by Crippen LogP contribution is -2.45. The van der Waals surface area contributed by atoms with Crippen LogP contribution in [0.4, 0.5) is 4.79 Å². The number of aliphatic carboxylic acids is 1. The molecule has 0 bridgehead atoms. The molecule has 2 unspecified atom stereocenters. The van der Waals surface area contributed by atoms with E-state index in [9.17, 15) is 19.5 Å². The van der Waals surface area contributed by atoms with Crippen LogP contribution in [0.25, 0.3) is 11.1 Å². The zero-order valence-electron chi connectivity index (χ0n) is 19.5. The third-order valence-electron chi connectivity index (χ3n) is 7.51. The number of carboxylic acids is 1. The number of hydrogen-bond acceptors (Lipinski definition) is 4. The molecule has 5 rings (SSSR count). The van der Waals surface area contributed by atoms with Gasteiger partial charge >= 0.3 is 12.1 Å². The predicted octanol–water partition coefficient (Wildman–Crippen LogP) is 4.23. The third-order valence-corrected chi connectivity index (χ3v) is 7.51. The van der Waals surface area contributed by atoms with Crippen LogP contribution in [0.15, 0.2) is 60.7 Å². The first-order chi connectivity index (χ1) is 17.0. The Morgan fingerprint density at radius 1 is 0.943 bits per heavy atom. The van der Waals surface area contributed by atoms with Crippen molar-refractivity contribution in [1.29, 1.82) is 0 Å². The molecule has 1 saturated carbocycles. The van der Waals surface area contributed by atoms with Gasteiger partial charge < -0.3 is 20.5 Å². The first kappa shape index (κ1) is 23.1. The number of benzene rings is 2. The molecule has 3 aliphatic carbocycles. The Balaban J connectivity index is 1.15. The summed E-state index contributed by atoms with van der Waals surface area (Å²) in [5.74, 6) is -1.85. The van der Waals surface area contributed by atoms with Crippen LogP contribution in [0, 0.1) is 11.8 Å². The summed E-state index contributed by atoms with van der Waals surface area (Å²) < 4.78 is 5.64. The van der Waals surface area contributed by atoms with Gasteiger partial charge in [0.25, 0.3) is 0 Å². The highest BCUT2D eigenvalue weighted by Gasteiger charge is 2.36. The average molecular weight is 475 g/mol. The first-order valence-corrected chi connectivity index (χ1v) is 12.3. The van der Waals surface area contributed by atoms with Crippen molar-refractivity contribution in [2.75, 3.05) is 6.61 Å². The summed E-state index contributed by atoms with van der Waals surface area (Å²) in [6, 6.07) is 15.7. The Morgan fingerprint density at radius 3 is 2.31 bits per heavy atom. The molecule has 2 aromatic rings. The number of fused-ring (bicyclic) bond motifs is 3. The SMILES string of the molecule is O=C(NC1C=CCC(C(=O)N[C@H]2CCC[C@H]2C(=O)O)C1)OCC1c2ccccc2-c2ccccc21. The van der Waals surface area contributed by atoms with Gasteiger partial charge in [0.05, 0.1) is 12.0 Å². The molecule has 182 valence electrons. The maximum Gasteiger partial charge on any atom is 0.407 e. The van der Waals surface area contributed by atoms with Crippen molar-refractivity contribution in [3.8, 4) is 11.1 Å². The second-order valence-corrected chi connectivity index (χ2v) is 9.66. The lowest BCUT2D eigenvalue weighted by Gasteiger charge is -2.27. The molecule has 2 aromatic carbocycles. The summed E-state index contributed by atoms with van der Waals surface area (Å²) >= 11 is 0. The van der Waals surface area contributed by atoms with Crippen molar-refractivity contribution in [2.45, 2.75) is 50.1 Å². The number of nitrogens with one attached hydrogen (secondary N) is 2. The van der Waals surface area contributed by atoms with Gasteiger partial charge in [-0.3, -0.25) is 9.59 Å². The Kier molecular flexibility index (Phi) is 6.57. The average Bonchev–Trinajstić information content (AvgIpc) is 3.45. The molecule has 0 aliphatic heterocycles. The highest BCUT2D eigenvalue weighted by atomic mass is 16.5. The number of ether oxygens (including phenoxy) is 1. The fraction of sp³-hybridized carbons (Fsp3) is 0.393. The van der Waals surface area contributed by atoms with E-state index in [1.165, 1.54) is 11.1 Å². The fourth-order valence-electron chi connectivity index (χ4n) is 5.73. The van der Waals surface area contributed by atoms with Gasteiger partial charge in [0.2, 0.25) is 5.91 Å². The van der Waals surface area contributed by atoms with Gasteiger partial charge in [-0.05, 0) is 47.9 Å². The van der Waals surface area contributed by atoms with E-state index in [1.807, 2.05) is 36.4 Å². The van der Waals surface area contributed by atoms with Gasteiger partial charge in [-0.2, -0.15) is 0 Å². The molecule has 35 heavy (non-hydrogen) atoms. The van der Waals surface area contributed by atoms with Crippen LogP contribution in [0.3, 0.4) is 0 Å². The summed E-state index contributed by atoms with van der Waals surface area (Å²) in [5, 5.41) is 15.2. The summed E-state index contributed by atoms with van der Waals surface area (Å²) in [4.78, 5) is 36.8. The fourth-order valence-corrected chi connectivity index (χ4v) is 5.73. The maximum atomic E-state index is 12.8. The number of carboxylic acid groups (broad SMARTS) is 1. The quantitative estimate of drug-likeness (QED) is 0.544. The largest absolute Gasteiger partial charge is 0.481 e. The van der Waals surface area contributed by atoms with Gasteiger partial charge in [0, 0.05) is 17.9 Å². The molecule has 4 atom stereocenters. The number of carbonyl (C=O) groups excluding carboxylic acids is 2. The molecule has 7 heteroatoms. The topological polar surface area (TPSA) is 105 Å². The van der Waals surface area contributed by atoms with Crippen LogP contribution in [0.1, 0.15) is 49.1 Å². The van der Waals surface area contributed by atoms with E-state index in [0.29, 0.717) is 25.7 Å². The van der Waals surface area contributed by atoms with E-state index in [2.05, 4.69) is 34.9 Å². The molecule has 0 saturated heterocycles. The van der Waals surface area contributed by atoms with Gasteiger partial charge in [-0.15, -0.1) is 0 Å². The normalized spacial score (nSPS) is 24.9. The van der Waals surface area contributed by atoms with Crippen molar-refractivity contribution in [3.05, 3.63) is 71.8 Å². The van der Waals surface area contributed by atoms with Crippen molar-refractivity contribution in [2.24, 2.45) is 11.8 Å². The molecule has 0 aromatic heterocycles. The van der Waals surface area contributed by atoms with Crippen LogP contribution in [-0.4, -0.2) is 41.8 Å². The van der Waals surface area contributed by atoms with Crippen LogP contribution < -0.4 is 10.6 Å². The van der Waals surface area contributed by atoms with Crippen LogP contribution in [0.5, 0.6) is 0 Å². The molecule has 2 amide bonds. The maximum absolute atomic E-state index is 12.8. The van der Waals surface area contributed by atoms with E-state index in [-0.39, 0.29) is 36.4 Å². The van der Waals surface area contributed by atoms with Gasteiger partial charge in [-0.25, -0.2) is 4.79 Å². The Bertz CT molecular complexity index is 1110. The van der Waals surface area contributed by atoms with E-state index >= 15 is 0 Å². The monoisotopic (exact) mass is 474 g/mol. The van der Waals surface area contributed by atoms with E-state index < -0.39 is 18.0 Å². The zero-order chi connectivity index (χ0) is 24.4. The lowest BCUT2D eigenvalue weighted by atomic mass is 9.89. The lowest BCUT2D eigenvalue weighted by molar-refractivity contribution is -0.142. The minimum absolute atomic E-state index is 0.0119. The minimum atomic E-state index is -0.855. The summed E-state index contributed by atoms with van der Waals surface area (Å²) in [6.45, 7) is 0.235. The molecule has 3 aliphatic rings. The van der Waals surface area contributed by atoms with Crippen LogP contribution in [0.2, 0.25) is 0 Å². The van der Waals surface area contributed by atoms with E-state index in [0.717, 1.165) is 17.5 Å². The van der Waals surface area contributed by atoms with Crippen molar-refractivity contribution in [1.82, 2.24) is 10.6 Å². The minimum Gasteiger partial charge on any atom is -0.481 e. The number of rotatable bonds is 6. The van der Waals surface area contributed by atoms with E-state index in [4.69, 9.17) is 4.74 Å². The molecule has 0 radical (unpaired) electrons. The second kappa shape index (κ2) is 9.94. The molecule has 0 spiro atoms. The van der Waals surface area contributed by atoms with Crippen LogP contribution in [-0.2, 0) is 14.3 Å². The molecule has 0 heterocycles. The number of amides is 2. The van der Waals surface area contributed by atoms with Gasteiger partial charge in [0.1, 0.15) is 6.61 Å². The number of hydrogen-bond donors (Lipinski definition) is 3. The standard InChI is InChI=1S/C28H30N2O5/c31-26(30-25-14-6-13-23(25)27(32)33)17-7-5-8-18(15-17)29-28(34)35-16-24-21-11-3-1-9-19(21)20-10-2-4-12-22(20)24/h1-5,8-12,17-18,23-25H,6-7,13-16H2,(H,29,34)(H,30,31)(H,32,33)/t17?,18?,23-,25+/m1/s1. The molecular weight excluding hydrogens is 444 g/mol. The van der Waals surface area contributed by atoms with Crippen molar-refractivity contribution >= 4 is 18.0 Å². The van der Waals surface area contributed by atoms with Crippen molar-refractivity contribution in [3.63, 3.8) is 0 Å². The first-order valence-electron chi connectivity index (χ1n) is 12.3. The number of alkyl carbamates (subject to hydrolysis) is 1. The zero-order valence-corrected chi connectivity index (χ0v) is 19.5.